The molecule has 6 nitrogen and oxygen atoms in total. The van der Waals surface area contributed by atoms with Crippen LogP contribution in [0.4, 0.5) is 0 Å². The van der Waals surface area contributed by atoms with Gasteiger partial charge in [0.2, 0.25) is 0 Å². The summed E-state index contributed by atoms with van der Waals surface area (Å²) >= 11 is 0. The molecule has 0 bridgehead atoms. The summed E-state index contributed by atoms with van der Waals surface area (Å²) < 4.78 is 10.6. The Morgan fingerprint density at radius 1 is 1.32 bits per heavy atom. The number of rotatable bonds is 6. The molecule has 1 aliphatic rings. The van der Waals surface area contributed by atoms with Gasteiger partial charge < -0.3 is 19.7 Å². The number of ether oxygens (including phenoxy) is 2. The molecular formula is C19H29N3O3. The molecule has 0 amide bonds. The third kappa shape index (κ3) is 5.37. The molecular weight excluding hydrogens is 318 g/mol. The molecule has 1 heterocycles. The quantitative estimate of drug-likeness (QED) is 0.369. The number of likely N-dealkylation sites (tertiary alicyclic amines) is 1. The molecule has 0 radical (unpaired) electrons. The van der Waals surface area contributed by atoms with Gasteiger partial charge in [-0.3, -0.25) is 9.79 Å². The molecule has 6 heteroatoms. The maximum atomic E-state index is 11.8. The van der Waals surface area contributed by atoms with Gasteiger partial charge in [-0.1, -0.05) is 24.6 Å². The van der Waals surface area contributed by atoms with E-state index in [1.54, 1.807) is 7.05 Å². The highest BCUT2D eigenvalue weighted by molar-refractivity contribution is 5.82. The molecule has 0 spiro atoms. The first-order valence-corrected chi connectivity index (χ1v) is 8.78. The van der Waals surface area contributed by atoms with Crippen molar-refractivity contribution in [3.8, 4) is 5.75 Å². The van der Waals surface area contributed by atoms with Crippen molar-refractivity contribution in [2.45, 2.75) is 20.3 Å². The first-order valence-electron chi connectivity index (χ1n) is 8.78. The Hall–Kier alpha value is -2.24. The van der Waals surface area contributed by atoms with Gasteiger partial charge in [0.1, 0.15) is 5.75 Å². The molecule has 25 heavy (non-hydrogen) atoms. The van der Waals surface area contributed by atoms with Crippen molar-refractivity contribution in [1.29, 1.82) is 0 Å². The van der Waals surface area contributed by atoms with Crippen LogP contribution >= 0.6 is 0 Å². The molecule has 1 aromatic rings. The lowest BCUT2D eigenvalue weighted by Crippen LogP contribution is -2.41. The molecule has 2 rings (SSSR count). The number of aliphatic imine (C=N–C) groups is 1. The van der Waals surface area contributed by atoms with Crippen LogP contribution in [0.3, 0.4) is 0 Å². The van der Waals surface area contributed by atoms with E-state index in [1.165, 1.54) is 12.7 Å². The largest absolute Gasteiger partial charge is 0.494 e. The monoisotopic (exact) mass is 347 g/mol. The fraction of sp³-hybridized carbons (Fsp3) is 0.579. The Morgan fingerprint density at radius 3 is 2.68 bits per heavy atom. The third-order valence-corrected chi connectivity index (χ3v) is 4.52. The van der Waals surface area contributed by atoms with Crippen LogP contribution < -0.4 is 10.1 Å². The summed E-state index contributed by atoms with van der Waals surface area (Å²) in [6, 6.07) is 8.06. The van der Waals surface area contributed by atoms with E-state index < -0.39 is 0 Å². The molecule has 0 aliphatic carbocycles. The first kappa shape index (κ1) is 19.1. The van der Waals surface area contributed by atoms with Gasteiger partial charge in [-0.2, -0.15) is 0 Å². The number of carbonyl (C=O) groups excluding carboxylic acids is 1. The van der Waals surface area contributed by atoms with Crippen LogP contribution in [-0.4, -0.2) is 57.2 Å². The van der Waals surface area contributed by atoms with E-state index in [0.29, 0.717) is 13.2 Å². The maximum absolute atomic E-state index is 11.8. The molecule has 1 aliphatic heterocycles. The Labute approximate surface area is 150 Å². The summed E-state index contributed by atoms with van der Waals surface area (Å²) in [6.45, 7) is 7.00. The molecule has 1 N–H and O–H groups in total. The van der Waals surface area contributed by atoms with Gasteiger partial charge in [0.25, 0.3) is 0 Å². The second-order valence-corrected chi connectivity index (χ2v) is 6.50. The van der Waals surface area contributed by atoms with E-state index in [-0.39, 0.29) is 17.8 Å². The van der Waals surface area contributed by atoms with Gasteiger partial charge in [-0.25, -0.2) is 0 Å². The average Bonchev–Trinajstić information content (AvgIpc) is 3.00. The van der Waals surface area contributed by atoms with Crippen molar-refractivity contribution in [2.75, 3.05) is 40.4 Å². The van der Waals surface area contributed by atoms with Crippen LogP contribution in [0.1, 0.15) is 18.9 Å². The summed E-state index contributed by atoms with van der Waals surface area (Å²) in [7, 11) is 3.21. The lowest BCUT2D eigenvalue weighted by atomic mass is 9.99. The van der Waals surface area contributed by atoms with Gasteiger partial charge in [-0.05, 0) is 31.4 Å². The highest BCUT2D eigenvalue weighted by Crippen LogP contribution is 2.24. The molecule has 1 fully saturated rings. The predicted octanol–water partition coefficient (Wildman–Crippen LogP) is 2.08. The maximum Gasteiger partial charge on any atom is 0.310 e. The zero-order valence-corrected chi connectivity index (χ0v) is 15.6. The molecule has 2 unspecified atom stereocenters. The van der Waals surface area contributed by atoms with E-state index in [4.69, 9.17) is 9.47 Å². The number of nitrogens with one attached hydrogen (secondary N) is 1. The number of aryl methyl sites for hydroxylation is 1. The van der Waals surface area contributed by atoms with Gasteiger partial charge in [-0.15, -0.1) is 0 Å². The van der Waals surface area contributed by atoms with E-state index >= 15 is 0 Å². The second kappa shape index (κ2) is 9.30. The fourth-order valence-electron chi connectivity index (χ4n) is 3.03. The van der Waals surface area contributed by atoms with Crippen LogP contribution in [0.5, 0.6) is 5.75 Å². The Balaban J connectivity index is 1.72. The standard InChI is InChI=1S/C19H29N3O3/c1-14-6-8-16(9-7-14)25-11-5-10-21-19(20-3)22-12-15(2)17(13-22)18(23)24-4/h6-9,15,17H,5,10-13H2,1-4H3,(H,20,21). The van der Waals surface area contributed by atoms with E-state index in [1.807, 2.05) is 24.3 Å². The zero-order chi connectivity index (χ0) is 18.2. The zero-order valence-electron chi connectivity index (χ0n) is 15.6. The first-order chi connectivity index (χ1) is 12.0. The van der Waals surface area contributed by atoms with Crippen LogP contribution in [0.2, 0.25) is 0 Å². The lowest BCUT2D eigenvalue weighted by Gasteiger charge is -2.21. The molecule has 0 saturated carbocycles. The van der Waals surface area contributed by atoms with Crippen molar-refractivity contribution < 1.29 is 14.3 Å². The molecule has 2 atom stereocenters. The fourth-order valence-corrected chi connectivity index (χ4v) is 3.03. The minimum absolute atomic E-state index is 0.0894. The summed E-state index contributed by atoms with van der Waals surface area (Å²) in [4.78, 5) is 18.3. The van der Waals surface area contributed by atoms with Gasteiger partial charge in [0, 0.05) is 26.7 Å². The van der Waals surface area contributed by atoms with Crippen molar-refractivity contribution in [3.63, 3.8) is 0 Å². The van der Waals surface area contributed by atoms with Gasteiger partial charge in [0.15, 0.2) is 5.96 Å². The lowest BCUT2D eigenvalue weighted by molar-refractivity contribution is -0.145. The number of esters is 1. The Morgan fingerprint density at radius 2 is 2.04 bits per heavy atom. The summed E-state index contributed by atoms with van der Waals surface area (Å²) in [5.74, 6) is 1.75. The number of methoxy groups -OCH3 is 1. The number of hydrogen-bond donors (Lipinski definition) is 1. The summed E-state index contributed by atoms with van der Waals surface area (Å²) in [5.41, 5.74) is 1.22. The summed E-state index contributed by atoms with van der Waals surface area (Å²) in [5, 5.41) is 3.35. The van der Waals surface area contributed by atoms with Crippen LogP contribution in [0, 0.1) is 18.8 Å². The van der Waals surface area contributed by atoms with Crippen molar-refractivity contribution >= 4 is 11.9 Å². The van der Waals surface area contributed by atoms with Crippen LogP contribution in [0.15, 0.2) is 29.3 Å². The number of guanidine groups is 1. The molecule has 0 aromatic heterocycles. The summed E-state index contributed by atoms with van der Waals surface area (Å²) in [6.07, 6.45) is 0.872. The number of hydrogen-bond acceptors (Lipinski definition) is 4. The number of benzene rings is 1. The van der Waals surface area contributed by atoms with Crippen LogP contribution in [-0.2, 0) is 9.53 Å². The van der Waals surface area contributed by atoms with Crippen molar-refractivity contribution in [2.24, 2.45) is 16.8 Å². The molecule has 1 saturated heterocycles. The Kier molecular flexibility index (Phi) is 7.10. The molecule has 138 valence electrons. The predicted molar refractivity (Wildman–Crippen MR) is 98.9 cm³/mol. The number of nitrogens with zero attached hydrogens (tertiary/aromatic N) is 2. The minimum atomic E-state index is -0.142. The highest BCUT2D eigenvalue weighted by Gasteiger charge is 2.36. The number of carbonyl (C=O) groups is 1. The average molecular weight is 347 g/mol. The second-order valence-electron chi connectivity index (χ2n) is 6.50. The van der Waals surface area contributed by atoms with E-state index in [2.05, 4.69) is 29.1 Å². The van der Waals surface area contributed by atoms with E-state index in [0.717, 1.165) is 31.2 Å². The van der Waals surface area contributed by atoms with Gasteiger partial charge in [0.05, 0.1) is 19.6 Å². The van der Waals surface area contributed by atoms with E-state index in [9.17, 15) is 4.79 Å². The highest BCUT2D eigenvalue weighted by atomic mass is 16.5. The minimum Gasteiger partial charge on any atom is -0.494 e. The van der Waals surface area contributed by atoms with Crippen molar-refractivity contribution in [3.05, 3.63) is 29.8 Å². The molecule has 1 aromatic carbocycles. The topological polar surface area (TPSA) is 63.2 Å². The van der Waals surface area contributed by atoms with Crippen LogP contribution in [0.25, 0.3) is 0 Å². The normalized spacial score (nSPS) is 20.5. The van der Waals surface area contributed by atoms with Gasteiger partial charge >= 0.3 is 5.97 Å². The van der Waals surface area contributed by atoms with Crippen molar-refractivity contribution in [1.82, 2.24) is 10.2 Å². The Bertz CT molecular complexity index is 586. The third-order valence-electron chi connectivity index (χ3n) is 4.52. The smallest absolute Gasteiger partial charge is 0.310 e. The SMILES string of the molecule is CN=C(NCCCOc1ccc(C)cc1)N1CC(C)C(C(=O)OC)C1.